The number of aromatic carboxylic acids is 1. The van der Waals surface area contributed by atoms with Crippen LogP contribution in [0.3, 0.4) is 0 Å². The van der Waals surface area contributed by atoms with Crippen LogP contribution in [0, 0.1) is 0 Å². The highest BCUT2D eigenvalue weighted by Gasteiger charge is 2.14. The first-order chi connectivity index (χ1) is 8.54. The van der Waals surface area contributed by atoms with Crippen LogP contribution in [0.15, 0.2) is 11.4 Å². The lowest BCUT2D eigenvalue weighted by Gasteiger charge is -2.15. The van der Waals surface area contributed by atoms with Crippen LogP contribution in [0.5, 0.6) is 0 Å². The Kier molecular flexibility index (Phi) is 5.80. The van der Waals surface area contributed by atoms with Crippen molar-refractivity contribution < 1.29 is 14.7 Å². The van der Waals surface area contributed by atoms with Crippen LogP contribution < -0.4 is 5.32 Å². The van der Waals surface area contributed by atoms with Crippen molar-refractivity contribution in [2.75, 3.05) is 20.1 Å². The molecule has 1 aromatic heterocycles. The zero-order valence-electron chi connectivity index (χ0n) is 10.6. The Morgan fingerprint density at radius 3 is 2.83 bits per heavy atom. The van der Waals surface area contributed by atoms with E-state index in [-0.39, 0.29) is 12.5 Å². The molecule has 0 aromatic carbocycles. The normalized spacial score (nSPS) is 10.6. The number of nitrogens with zero attached hydrogens (tertiary/aromatic N) is 1. The second kappa shape index (κ2) is 7.13. The predicted octanol–water partition coefficient (Wildman–Crippen LogP) is 1.40. The minimum Gasteiger partial charge on any atom is -0.477 e. The van der Waals surface area contributed by atoms with Crippen molar-refractivity contribution in [2.45, 2.75) is 19.9 Å². The number of amides is 1. The van der Waals surface area contributed by atoms with Crippen LogP contribution in [0.2, 0.25) is 0 Å². The third kappa shape index (κ3) is 4.46. The van der Waals surface area contributed by atoms with Crippen molar-refractivity contribution in [3.05, 3.63) is 21.9 Å². The molecule has 0 spiro atoms. The molecule has 6 heteroatoms. The van der Waals surface area contributed by atoms with Gasteiger partial charge in [-0.2, -0.15) is 0 Å². The van der Waals surface area contributed by atoms with Gasteiger partial charge in [0.15, 0.2) is 0 Å². The van der Waals surface area contributed by atoms with Crippen molar-refractivity contribution in [3.63, 3.8) is 0 Å². The molecule has 1 rings (SSSR count). The van der Waals surface area contributed by atoms with Gasteiger partial charge >= 0.3 is 5.97 Å². The van der Waals surface area contributed by atoms with Crippen LogP contribution in [0.4, 0.5) is 0 Å². The molecule has 18 heavy (non-hydrogen) atoms. The number of nitrogens with one attached hydrogen (secondary N) is 1. The van der Waals surface area contributed by atoms with E-state index in [1.165, 1.54) is 11.3 Å². The van der Waals surface area contributed by atoms with Gasteiger partial charge in [0.2, 0.25) is 5.91 Å². The van der Waals surface area contributed by atoms with Crippen molar-refractivity contribution in [1.29, 1.82) is 0 Å². The second-order valence-electron chi connectivity index (χ2n) is 4.10. The number of thiophene rings is 1. The molecule has 5 nitrogen and oxygen atoms in total. The van der Waals surface area contributed by atoms with Crippen LogP contribution in [-0.4, -0.2) is 42.0 Å². The van der Waals surface area contributed by atoms with E-state index in [0.29, 0.717) is 18.0 Å². The summed E-state index contributed by atoms with van der Waals surface area (Å²) in [7, 11) is 1.80. The first kappa shape index (κ1) is 14.7. The van der Waals surface area contributed by atoms with Gasteiger partial charge in [0, 0.05) is 13.1 Å². The summed E-state index contributed by atoms with van der Waals surface area (Å²) in [6.07, 6.45) is 0.906. The van der Waals surface area contributed by atoms with E-state index in [4.69, 9.17) is 5.11 Å². The summed E-state index contributed by atoms with van der Waals surface area (Å²) >= 11 is 1.21. The number of likely N-dealkylation sites (N-methyl/N-ethyl adjacent to an activating group) is 1. The number of rotatable bonds is 7. The minimum absolute atomic E-state index is 0.0357. The zero-order valence-corrected chi connectivity index (χ0v) is 11.4. The molecule has 1 heterocycles. The van der Waals surface area contributed by atoms with Gasteiger partial charge in [-0.15, -0.1) is 11.3 Å². The van der Waals surface area contributed by atoms with Crippen molar-refractivity contribution in [3.8, 4) is 0 Å². The molecule has 1 aromatic rings. The molecule has 0 atom stereocenters. The molecular weight excluding hydrogens is 252 g/mol. The summed E-state index contributed by atoms with van der Waals surface area (Å²) in [5.74, 6) is -0.949. The molecule has 0 saturated heterocycles. The topological polar surface area (TPSA) is 69.6 Å². The molecule has 0 aliphatic heterocycles. The Labute approximate surface area is 110 Å². The summed E-state index contributed by atoms with van der Waals surface area (Å²) in [4.78, 5) is 24.6. The second-order valence-corrected chi connectivity index (χ2v) is 5.02. The van der Waals surface area contributed by atoms with Crippen molar-refractivity contribution in [2.24, 2.45) is 0 Å². The highest BCUT2D eigenvalue weighted by Crippen LogP contribution is 2.17. The quantitative estimate of drug-likeness (QED) is 0.786. The molecule has 0 aliphatic carbocycles. The Morgan fingerprint density at radius 2 is 2.22 bits per heavy atom. The van der Waals surface area contributed by atoms with E-state index in [1.807, 2.05) is 6.92 Å². The Bertz CT molecular complexity index is 417. The third-order valence-electron chi connectivity index (χ3n) is 2.37. The molecule has 1 amide bonds. The Morgan fingerprint density at radius 1 is 1.50 bits per heavy atom. The van der Waals surface area contributed by atoms with Gasteiger partial charge in [-0.3, -0.25) is 9.69 Å². The summed E-state index contributed by atoms with van der Waals surface area (Å²) in [5.41, 5.74) is 0.748. The van der Waals surface area contributed by atoms with Crippen LogP contribution in [0.1, 0.15) is 28.6 Å². The van der Waals surface area contributed by atoms with E-state index in [1.54, 1.807) is 23.4 Å². The molecule has 2 N–H and O–H groups in total. The largest absolute Gasteiger partial charge is 0.477 e. The molecule has 0 unspecified atom stereocenters. The maximum Gasteiger partial charge on any atom is 0.346 e. The molecule has 100 valence electrons. The van der Waals surface area contributed by atoms with Gasteiger partial charge in [-0.25, -0.2) is 4.79 Å². The summed E-state index contributed by atoms with van der Waals surface area (Å²) in [6.45, 7) is 3.40. The smallest absolute Gasteiger partial charge is 0.346 e. The number of carbonyl (C=O) groups is 2. The predicted molar refractivity (Wildman–Crippen MR) is 70.9 cm³/mol. The number of carbonyl (C=O) groups excluding carboxylic acids is 1. The SMILES string of the molecule is CCCNC(=O)CN(C)Cc1ccsc1C(=O)O. The number of carboxylic acid groups (broad SMARTS) is 1. The third-order valence-corrected chi connectivity index (χ3v) is 3.31. The molecular formula is C12H18N2O3S. The van der Waals surface area contributed by atoms with Crippen LogP contribution in [0.25, 0.3) is 0 Å². The summed E-state index contributed by atoms with van der Waals surface area (Å²) in [6, 6.07) is 1.79. The molecule has 0 aliphatic rings. The van der Waals surface area contributed by atoms with E-state index < -0.39 is 5.97 Å². The molecule has 0 radical (unpaired) electrons. The Balaban J connectivity index is 2.49. The number of carboxylic acids is 1. The van der Waals surface area contributed by atoms with Crippen LogP contribution >= 0.6 is 11.3 Å². The highest BCUT2D eigenvalue weighted by atomic mass is 32.1. The van der Waals surface area contributed by atoms with E-state index in [9.17, 15) is 9.59 Å². The van der Waals surface area contributed by atoms with Gasteiger partial charge in [0.05, 0.1) is 6.54 Å². The average Bonchev–Trinajstić information content (AvgIpc) is 2.74. The lowest BCUT2D eigenvalue weighted by atomic mass is 10.2. The van der Waals surface area contributed by atoms with E-state index >= 15 is 0 Å². The van der Waals surface area contributed by atoms with Gasteiger partial charge in [0.1, 0.15) is 4.88 Å². The maximum atomic E-state index is 11.5. The van der Waals surface area contributed by atoms with E-state index in [2.05, 4.69) is 5.32 Å². The lowest BCUT2D eigenvalue weighted by molar-refractivity contribution is -0.122. The van der Waals surface area contributed by atoms with Gasteiger partial charge < -0.3 is 10.4 Å². The molecule has 0 bridgehead atoms. The summed E-state index contributed by atoms with van der Waals surface area (Å²) in [5, 5.41) is 13.5. The zero-order chi connectivity index (χ0) is 13.5. The van der Waals surface area contributed by atoms with E-state index in [0.717, 1.165) is 12.0 Å². The fourth-order valence-corrected chi connectivity index (χ4v) is 2.31. The maximum absolute atomic E-state index is 11.5. The fraction of sp³-hybridized carbons (Fsp3) is 0.500. The monoisotopic (exact) mass is 270 g/mol. The lowest BCUT2D eigenvalue weighted by Crippen LogP contribution is -2.35. The molecule has 0 saturated carbocycles. The first-order valence-electron chi connectivity index (χ1n) is 5.79. The standard InChI is InChI=1S/C12H18N2O3S/c1-3-5-13-10(15)8-14(2)7-9-4-6-18-11(9)12(16)17/h4,6H,3,5,7-8H2,1-2H3,(H,13,15)(H,16,17). The fourth-order valence-electron chi connectivity index (χ4n) is 1.56. The van der Waals surface area contributed by atoms with Gasteiger partial charge in [-0.05, 0) is 30.5 Å². The van der Waals surface area contributed by atoms with Crippen LogP contribution in [-0.2, 0) is 11.3 Å². The van der Waals surface area contributed by atoms with Crippen molar-refractivity contribution in [1.82, 2.24) is 10.2 Å². The summed E-state index contributed by atoms with van der Waals surface area (Å²) < 4.78 is 0. The first-order valence-corrected chi connectivity index (χ1v) is 6.67. The van der Waals surface area contributed by atoms with Gasteiger partial charge in [-0.1, -0.05) is 6.92 Å². The average molecular weight is 270 g/mol. The van der Waals surface area contributed by atoms with Gasteiger partial charge in [0.25, 0.3) is 0 Å². The Hall–Kier alpha value is -1.40. The minimum atomic E-state index is -0.913. The van der Waals surface area contributed by atoms with Crippen molar-refractivity contribution >= 4 is 23.2 Å². The highest BCUT2D eigenvalue weighted by molar-refractivity contribution is 7.12. The number of hydrogen-bond donors (Lipinski definition) is 2. The number of hydrogen-bond acceptors (Lipinski definition) is 4. The molecule has 0 fully saturated rings.